The Balaban J connectivity index is 1.20. The van der Waals surface area contributed by atoms with Gasteiger partial charge in [0.1, 0.15) is 23.0 Å². The molecule has 5 aromatic rings. The Hall–Kier alpha value is -5.03. The zero-order valence-corrected chi connectivity index (χ0v) is 24.5. The summed E-state index contributed by atoms with van der Waals surface area (Å²) in [7, 11) is 2.06. The standard InChI is InChI=1S/C37H35N3O2/c1-37(2,3)30-11-7-15-34(24-30)41-32-13-5-9-27(21-32)28-17-18-38-36(23-28)29-10-6-14-33(22-29)42-35-16-8-12-31(25-35)40-20-19-39(4)26-40/h5-25H,26H2,1-4H3. The molecule has 0 saturated heterocycles. The lowest BCUT2D eigenvalue weighted by Crippen LogP contribution is -2.21. The topological polar surface area (TPSA) is 37.8 Å². The number of pyridine rings is 1. The zero-order chi connectivity index (χ0) is 29.1. The number of ether oxygens (including phenoxy) is 2. The molecule has 0 aliphatic carbocycles. The molecule has 4 aromatic carbocycles. The first kappa shape index (κ1) is 27.2. The van der Waals surface area contributed by atoms with Gasteiger partial charge in [-0.3, -0.25) is 4.98 Å². The summed E-state index contributed by atoms with van der Waals surface area (Å²) < 4.78 is 12.5. The van der Waals surface area contributed by atoms with E-state index in [-0.39, 0.29) is 5.41 Å². The third-order valence-corrected chi connectivity index (χ3v) is 7.25. The van der Waals surface area contributed by atoms with Gasteiger partial charge >= 0.3 is 0 Å². The molecule has 0 N–H and O–H groups in total. The van der Waals surface area contributed by atoms with E-state index < -0.39 is 0 Å². The van der Waals surface area contributed by atoms with Crippen LogP contribution in [0.4, 0.5) is 5.69 Å². The molecule has 210 valence electrons. The number of rotatable bonds is 7. The molecule has 1 aliphatic heterocycles. The van der Waals surface area contributed by atoms with E-state index >= 15 is 0 Å². The van der Waals surface area contributed by atoms with Crippen LogP contribution in [0.15, 0.2) is 128 Å². The van der Waals surface area contributed by atoms with Crippen LogP contribution in [-0.4, -0.2) is 23.6 Å². The van der Waals surface area contributed by atoms with Crippen LogP contribution in [0.1, 0.15) is 26.3 Å². The Morgan fingerprint density at radius 1 is 0.619 bits per heavy atom. The van der Waals surface area contributed by atoms with Gasteiger partial charge < -0.3 is 19.3 Å². The Morgan fingerprint density at radius 2 is 1.21 bits per heavy atom. The summed E-state index contributed by atoms with van der Waals surface area (Å²) in [5, 5.41) is 0. The van der Waals surface area contributed by atoms with E-state index in [4.69, 9.17) is 9.47 Å². The molecule has 0 amide bonds. The van der Waals surface area contributed by atoms with Crippen molar-refractivity contribution in [3.05, 3.63) is 133 Å². The highest BCUT2D eigenvalue weighted by Gasteiger charge is 2.15. The van der Waals surface area contributed by atoms with Crippen LogP contribution in [0.5, 0.6) is 23.0 Å². The molecular formula is C37H35N3O2. The first-order valence-corrected chi connectivity index (χ1v) is 14.2. The lowest BCUT2D eigenvalue weighted by Gasteiger charge is -2.19. The van der Waals surface area contributed by atoms with Crippen LogP contribution < -0.4 is 14.4 Å². The van der Waals surface area contributed by atoms with Gasteiger partial charge in [0.15, 0.2) is 0 Å². The number of hydrogen-bond acceptors (Lipinski definition) is 5. The van der Waals surface area contributed by atoms with Gasteiger partial charge in [0.25, 0.3) is 0 Å². The molecule has 42 heavy (non-hydrogen) atoms. The van der Waals surface area contributed by atoms with Gasteiger partial charge in [-0.15, -0.1) is 0 Å². The summed E-state index contributed by atoms with van der Waals surface area (Å²) in [5.74, 6) is 3.19. The van der Waals surface area contributed by atoms with Crippen LogP contribution in [0.2, 0.25) is 0 Å². The average molecular weight is 554 g/mol. The smallest absolute Gasteiger partial charge is 0.129 e. The Kier molecular flexibility index (Phi) is 7.41. The fourth-order valence-corrected chi connectivity index (χ4v) is 4.95. The van der Waals surface area contributed by atoms with Crippen LogP contribution in [0, 0.1) is 0 Å². The molecule has 1 aliphatic rings. The van der Waals surface area contributed by atoms with Gasteiger partial charge in [-0.25, -0.2) is 0 Å². The second-order valence-electron chi connectivity index (χ2n) is 11.6. The zero-order valence-electron chi connectivity index (χ0n) is 24.5. The van der Waals surface area contributed by atoms with Crippen LogP contribution >= 0.6 is 0 Å². The van der Waals surface area contributed by atoms with Gasteiger partial charge in [0.05, 0.1) is 12.4 Å². The van der Waals surface area contributed by atoms with Crippen molar-refractivity contribution in [2.24, 2.45) is 0 Å². The molecule has 1 aromatic heterocycles. The van der Waals surface area contributed by atoms with Crippen molar-refractivity contribution >= 4 is 5.69 Å². The molecule has 6 rings (SSSR count). The molecule has 0 radical (unpaired) electrons. The van der Waals surface area contributed by atoms with Crippen molar-refractivity contribution in [1.29, 1.82) is 0 Å². The fraction of sp³-hybridized carbons (Fsp3) is 0.162. The van der Waals surface area contributed by atoms with E-state index in [0.717, 1.165) is 57.7 Å². The third kappa shape index (κ3) is 6.31. The van der Waals surface area contributed by atoms with Crippen molar-refractivity contribution in [2.75, 3.05) is 18.6 Å². The number of aromatic nitrogens is 1. The molecule has 0 unspecified atom stereocenters. The third-order valence-electron chi connectivity index (χ3n) is 7.25. The maximum Gasteiger partial charge on any atom is 0.129 e. The number of nitrogens with zero attached hydrogens (tertiary/aromatic N) is 3. The quantitative estimate of drug-likeness (QED) is 0.201. The van der Waals surface area contributed by atoms with Crippen LogP contribution in [0.25, 0.3) is 22.4 Å². The summed E-state index contributed by atoms with van der Waals surface area (Å²) in [6.07, 6.45) is 5.99. The van der Waals surface area contributed by atoms with E-state index in [0.29, 0.717) is 0 Å². The van der Waals surface area contributed by atoms with Gasteiger partial charge in [0, 0.05) is 43.0 Å². The molecule has 0 saturated carbocycles. The largest absolute Gasteiger partial charge is 0.457 e. The van der Waals surface area contributed by atoms with Crippen LogP contribution in [-0.2, 0) is 5.41 Å². The minimum Gasteiger partial charge on any atom is -0.457 e. The van der Waals surface area contributed by atoms with Crippen molar-refractivity contribution < 1.29 is 9.47 Å². The lowest BCUT2D eigenvalue weighted by molar-refractivity contribution is 0.479. The number of benzene rings is 4. The van der Waals surface area contributed by atoms with Crippen molar-refractivity contribution in [1.82, 2.24) is 9.88 Å². The number of hydrogen-bond donors (Lipinski definition) is 0. The lowest BCUT2D eigenvalue weighted by atomic mass is 9.87. The molecule has 0 atom stereocenters. The minimum absolute atomic E-state index is 0.0591. The highest BCUT2D eigenvalue weighted by Crippen LogP contribution is 2.33. The van der Waals surface area contributed by atoms with Gasteiger partial charge in [-0.05, 0) is 82.8 Å². The Bertz CT molecular complexity index is 1740. The van der Waals surface area contributed by atoms with E-state index in [1.165, 1.54) is 5.56 Å². The molecule has 0 bridgehead atoms. The predicted molar refractivity (Wildman–Crippen MR) is 171 cm³/mol. The molecule has 0 fully saturated rings. The predicted octanol–water partition coefficient (Wildman–Crippen LogP) is 9.48. The summed E-state index contributed by atoms with van der Waals surface area (Å²) in [5.41, 5.74) is 6.38. The van der Waals surface area contributed by atoms with E-state index in [1.807, 2.05) is 66.9 Å². The maximum atomic E-state index is 6.28. The van der Waals surface area contributed by atoms with Gasteiger partial charge in [-0.1, -0.05) is 63.2 Å². The first-order chi connectivity index (χ1) is 20.3. The monoisotopic (exact) mass is 553 g/mol. The van der Waals surface area contributed by atoms with Crippen molar-refractivity contribution in [3.8, 4) is 45.4 Å². The molecule has 5 heteroatoms. The van der Waals surface area contributed by atoms with E-state index in [9.17, 15) is 0 Å². The summed E-state index contributed by atoms with van der Waals surface area (Å²) in [4.78, 5) is 8.99. The minimum atomic E-state index is 0.0591. The highest BCUT2D eigenvalue weighted by atomic mass is 16.5. The summed E-state index contributed by atoms with van der Waals surface area (Å²) in [6, 6.07) is 36.8. The van der Waals surface area contributed by atoms with E-state index in [1.54, 1.807) is 0 Å². The summed E-state index contributed by atoms with van der Waals surface area (Å²) in [6.45, 7) is 7.44. The van der Waals surface area contributed by atoms with Crippen LogP contribution in [0.3, 0.4) is 0 Å². The van der Waals surface area contributed by atoms with Crippen molar-refractivity contribution in [3.63, 3.8) is 0 Å². The molecule has 5 nitrogen and oxygen atoms in total. The fourth-order valence-electron chi connectivity index (χ4n) is 4.95. The van der Waals surface area contributed by atoms with Gasteiger partial charge in [0.2, 0.25) is 0 Å². The SMILES string of the molecule is CN1C=CN(c2cccc(Oc3cccc(-c4cc(-c5cccc(Oc6cccc(C(C)(C)C)c6)c5)ccn4)c3)c2)C1. The van der Waals surface area contributed by atoms with Crippen molar-refractivity contribution in [2.45, 2.75) is 26.2 Å². The molecule has 2 heterocycles. The Labute approximate surface area is 248 Å². The van der Waals surface area contributed by atoms with Gasteiger partial charge in [-0.2, -0.15) is 0 Å². The Morgan fingerprint density at radius 3 is 1.90 bits per heavy atom. The van der Waals surface area contributed by atoms with E-state index in [2.05, 4.69) is 104 Å². The second-order valence-corrected chi connectivity index (χ2v) is 11.6. The highest BCUT2D eigenvalue weighted by molar-refractivity contribution is 5.72. The molecular weight excluding hydrogens is 518 g/mol. The number of anilines is 1. The average Bonchev–Trinajstić information content (AvgIpc) is 3.44. The maximum absolute atomic E-state index is 6.28. The molecule has 0 spiro atoms. The first-order valence-electron chi connectivity index (χ1n) is 14.2. The summed E-state index contributed by atoms with van der Waals surface area (Å²) >= 11 is 0. The second kappa shape index (κ2) is 11.5. The normalized spacial score (nSPS) is 13.0.